The summed E-state index contributed by atoms with van der Waals surface area (Å²) in [6.07, 6.45) is 5.81. The fourth-order valence-corrected chi connectivity index (χ4v) is 2.98. The van der Waals surface area contributed by atoms with Gasteiger partial charge in [0.25, 0.3) is 0 Å². The summed E-state index contributed by atoms with van der Waals surface area (Å²) in [6.45, 7) is 10.2. The minimum absolute atomic E-state index is 0.522. The van der Waals surface area contributed by atoms with Crippen molar-refractivity contribution in [1.82, 2.24) is 20.0 Å². The maximum Gasteiger partial charge on any atom is 0.0628 e. The van der Waals surface area contributed by atoms with E-state index in [1.54, 1.807) is 0 Å². The van der Waals surface area contributed by atoms with Gasteiger partial charge in [-0.05, 0) is 67.0 Å². The summed E-state index contributed by atoms with van der Waals surface area (Å²) in [7, 11) is 8.77. The number of hydrogen-bond donors (Lipinski definition) is 1. The third-order valence-corrected chi connectivity index (χ3v) is 3.88. The van der Waals surface area contributed by atoms with Crippen LogP contribution in [-0.4, -0.2) is 74.9 Å². The molecule has 2 unspecified atom stereocenters. The molecule has 0 bridgehead atoms. The van der Waals surface area contributed by atoms with Gasteiger partial charge in [0.2, 0.25) is 0 Å². The molecule has 0 fully saturated rings. The number of nitrogens with one attached hydrogen (secondary N) is 1. The minimum Gasteiger partial charge on any atom is -0.317 e. The Balaban J connectivity index is 4.60. The Labute approximate surface area is 127 Å². The van der Waals surface area contributed by atoms with E-state index in [0.29, 0.717) is 12.3 Å². The summed E-state index contributed by atoms with van der Waals surface area (Å²) in [5.74, 6) is 0. The normalized spacial score (nSPS) is 15.3. The average molecular weight is 287 g/mol. The molecule has 0 rings (SSSR count). The fraction of sp³-hybridized carbons (Fsp3) is 1.00. The lowest BCUT2D eigenvalue weighted by Crippen LogP contribution is -2.55. The molecule has 0 saturated carbocycles. The Morgan fingerprint density at radius 3 is 1.65 bits per heavy atom. The second-order valence-electron chi connectivity index (χ2n) is 6.05. The third-order valence-electron chi connectivity index (χ3n) is 3.88. The Morgan fingerprint density at radius 1 is 0.800 bits per heavy atom. The van der Waals surface area contributed by atoms with Crippen LogP contribution in [0.2, 0.25) is 0 Å². The van der Waals surface area contributed by atoms with E-state index in [-0.39, 0.29) is 0 Å². The first-order valence-corrected chi connectivity index (χ1v) is 8.28. The van der Waals surface area contributed by atoms with E-state index < -0.39 is 0 Å². The van der Waals surface area contributed by atoms with Gasteiger partial charge in [0.1, 0.15) is 0 Å². The monoisotopic (exact) mass is 286 g/mol. The molecule has 2 atom stereocenters. The molecule has 0 spiro atoms. The van der Waals surface area contributed by atoms with Gasteiger partial charge in [-0.2, -0.15) is 0 Å². The van der Waals surface area contributed by atoms with Gasteiger partial charge in [0.05, 0.1) is 12.3 Å². The quantitative estimate of drug-likeness (QED) is 0.439. The van der Waals surface area contributed by atoms with Crippen LogP contribution in [0.15, 0.2) is 0 Å². The van der Waals surface area contributed by atoms with Crippen molar-refractivity contribution in [3.8, 4) is 0 Å². The Kier molecular flexibility index (Phi) is 11.4. The molecule has 0 radical (unpaired) electrons. The first-order chi connectivity index (χ1) is 9.49. The predicted octanol–water partition coefficient (Wildman–Crippen LogP) is 2.27. The summed E-state index contributed by atoms with van der Waals surface area (Å²) in [4.78, 5) is 7.37. The van der Waals surface area contributed by atoms with Crippen LogP contribution in [0.4, 0.5) is 0 Å². The average Bonchev–Trinajstić information content (AvgIpc) is 2.38. The summed E-state index contributed by atoms with van der Waals surface area (Å²) < 4.78 is 0. The molecule has 0 aromatic rings. The first-order valence-electron chi connectivity index (χ1n) is 8.28. The van der Waals surface area contributed by atoms with Crippen LogP contribution in [0.1, 0.15) is 46.5 Å². The van der Waals surface area contributed by atoms with Crippen molar-refractivity contribution in [2.45, 2.75) is 58.8 Å². The number of rotatable bonds is 12. The fourth-order valence-electron chi connectivity index (χ4n) is 2.98. The second-order valence-corrected chi connectivity index (χ2v) is 6.05. The molecular formula is C16H38N4. The molecule has 0 aliphatic heterocycles. The van der Waals surface area contributed by atoms with Crippen molar-refractivity contribution >= 4 is 0 Å². The molecule has 0 aromatic heterocycles. The van der Waals surface area contributed by atoms with Crippen LogP contribution in [0, 0.1) is 0 Å². The number of nitrogens with zero attached hydrogens (tertiary/aromatic N) is 3. The van der Waals surface area contributed by atoms with Crippen LogP contribution in [-0.2, 0) is 0 Å². The van der Waals surface area contributed by atoms with Gasteiger partial charge in [0, 0.05) is 6.54 Å². The van der Waals surface area contributed by atoms with E-state index in [9.17, 15) is 0 Å². The highest BCUT2D eigenvalue weighted by molar-refractivity contribution is 4.75. The zero-order valence-electron chi connectivity index (χ0n) is 14.9. The summed E-state index contributed by atoms with van der Waals surface area (Å²) in [5.41, 5.74) is 0. The molecule has 0 amide bonds. The molecular weight excluding hydrogens is 248 g/mol. The smallest absolute Gasteiger partial charge is 0.0628 e. The van der Waals surface area contributed by atoms with Crippen molar-refractivity contribution in [3.05, 3.63) is 0 Å². The van der Waals surface area contributed by atoms with E-state index in [1.807, 2.05) is 0 Å². The topological polar surface area (TPSA) is 21.8 Å². The molecule has 0 saturated heterocycles. The van der Waals surface area contributed by atoms with Crippen molar-refractivity contribution in [2.24, 2.45) is 0 Å². The maximum absolute atomic E-state index is 3.51. The minimum atomic E-state index is 0.522. The van der Waals surface area contributed by atoms with E-state index >= 15 is 0 Å². The van der Waals surface area contributed by atoms with Crippen LogP contribution in [0.5, 0.6) is 0 Å². The predicted molar refractivity (Wildman–Crippen MR) is 90.0 cm³/mol. The Hall–Kier alpha value is -0.160. The molecule has 20 heavy (non-hydrogen) atoms. The number of hydrogen-bond acceptors (Lipinski definition) is 4. The molecule has 1 N–H and O–H groups in total. The standard InChI is InChI=1S/C16H38N4/c1-8-12-17-13-11-14-20(15(9-2)18(4)5)16(10-3)19(6)7/h15-17H,8-14H2,1-7H3. The zero-order valence-corrected chi connectivity index (χ0v) is 14.9. The van der Waals surface area contributed by atoms with Crippen LogP contribution < -0.4 is 5.32 Å². The highest BCUT2D eigenvalue weighted by Gasteiger charge is 2.26. The third kappa shape index (κ3) is 7.02. The maximum atomic E-state index is 3.51. The Morgan fingerprint density at radius 2 is 1.30 bits per heavy atom. The molecule has 0 heterocycles. The van der Waals surface area contributed by atoms with Crippen molar-refractivity contribution < 1.29 is 0 Å². The lowest BCUT2D eigenvalue weighted by molar-refractivity contribution is -0.0200. The molecule has 122 valence electrons. The summed E-state index contributed by atoms with van der Waals surface area (Å²) in [6, 6.07) is 0. The molecule has 0 aliphatic rings. The zero-order chi connectivity index (χ0) is 15.5. The Bertz CT molecular complexity index is 203. The SMILES string of the molecule is CCCNCCCN(C(CC)N(C)C)C(CC)N(C)C. The van der Waals surface area contributed by atoms with Gasteiger partial charge >= 0.3 is 0 Å². The summed E-state index contributed by atoms with van der Waals surface area (Å²) in [5, 5.41) is 3.51. The van der Waals surface area contributed by atoms with Crippen molar-refractivity contribution in [2.75, 3.05) is 47.8 Å². The van der Waals surface area contributed by atoms with Crippen LogP contribution >= 0.6 is 0 Å². The van der Waals surface area contributed by atoms with Crippen molar-refractivity contribution in [1.29, 1.82) is 0 Å². The molecule has 4 nitrogen and oxygen atoms in total. The lowest BCUT2D eigenvalue weighted by Gasteiger charge is -2.43. The van der Waals surface area contributed by atoms with Gasteiger partial charge in [-0.15, -0.1) is 0 Å². The molecule has 0 aromatic carbocycles. The van der Waals surface area contributed by atoms with E-state index in [1.165, 1.54) is 25.7 Å². The van der Waals surface area contributed by atoms with Gasteiger partial charge in [-0.1, -0.05) is 20.8 Å². The largest absolute Gasteiger partial charge is 0.317 e. The first kappa shape index (κ1) is 19.8. The van der Waals surface area contributed by atoms with Gasteiger partial charge in [-0.3, -0.25) is 14.7 Å². The van der Waals surface area contributed by atoms with Gasteiger partial charge < -0.3 is 5.32 Å². The molecule has 0 aliphatic carbocycles. The van der Waals surface area contributed by atoms with Crippen LogP contribution in [0.25, 0.3) is 0 Å². The lowest BCUT2D eigenvalue weighted by atomic mass is 10.2. The highest BCUT2D eigenvalue weighted by atomic mass is 15.4. The molecule has 4 heteroatoms. The van der Waals surface area contributed by atoms with Crippen molar-refractivity contribution in [3.63, 3.8) is 0 Å². The van der Waals surface area contributed by atoms with Crippen LogP contribution in [0.3, 0.4) is 0 Å². The van der Waals surface area contributed by atoms with Gasteiger partial charge in [0.15, 0.2) is 0 Å². The second kappa shape index (κ2) is 11.5. The highest BCUT2D eigenvalue weighted by Crippen LogP contribution is 2.16. The van der Waals surface area contributed by atoms with Gasteiger partial charge in [-0.25, -0.2) is 0 Å². The summed E-state index contributed by atoms with van der Waals surface area (Å²) >= 11 is 0. The van der Waals surface area contributed by atoms with E-state index in [0.717, 1.165) is 19.6 Å². The van der Waals surface area contributed by atoms with E-state index in [2.05, 4.69) is 69.0 Å². The van der Waals surface area contributed by atoms with E-state index in [4.69, 9.17) is 0 Å².